The number of tetrazole rings is 1. The Morgan fingerprint density at radius 2 is 1.51 bits per heavy atom. The number of amides is 3. The number of ether oxygens (including phenoxy) is 1. The van der Waals surface area contributed by atoms with E-state index in [1.54, 1.807) is 69.3 Å². The molecule has 11 nitrogen and oxygen atoms in total. The van der Waals surface area contributed by atoms with Crippen LogP contribution in [0.25, 0.3) is 11.4 Å². The number of benzene rings is 3. The molecular weight excluding hydrogens is 498 g/mol. The van der Waals surface area contributed by atoms with E-state index in [1.165, 1.54) is 0 Å². The van der Waals surface area contributed by atoms with E-state index in [1.807, 2.05) is 30.3 Å². The minimum Gasteiger partial charge on any atom is -0.444 e. The van der Waals surface area contributed by atoms with Crippen molar-refractivity contribution >= 4 is 29.3 Å². The van der Waals surface area contributed by atoms with Crippen LogP contribution in [0.2, 0.25) is 0 Å². The largest absolute Gasteiger partial charge is 0.444 e. The molecule has 4 rings (SSSR count). The maximum atomic E-state index is 13.3. The van der Waals surface area contributed by atoms with Gasteiger partial charge in [0.25, 0.3) is 5.91 Å². The van der Waals surface area contributed by atoms with E-state index >= 15 is 0 Å². The second kappa shape index (κ2) is 12.0. The molecule has 0 fully saturated rings. The zero-order valence-electron chi connectivity index (χ0n) is 21.8. The lowest BCUT2D eigenvalue weighted by molar-refractivity contribution is -0.118. The highest BCUT2D eigenvalue weighted by atomic mass is 16.6. The molecule has 3 aromatic carbocycles. The first kappa shape index (κ1) is 27.0. The smallest absolute Gasteiger partial charge is 0.412 e. The standard InChI is InChI=1S/C28H29N7O4/c1-28(2,3)39-27(38)30-22-15-13-21(14-16-22)29-26(37)23(17-18-7-5-4-6-8-18)31-25(36)20-11-9-19(10-12-20)24-32-34-35-33-24/h4-16,23H,17H2,1-3H3,(H,29,37)(H,30,38)(H,31,36)(H,32,33,34,35)/t23-/m0/s1. The molecule has 1 atom stereocenters. The van der Waals surface area contributed by atoms with Gasteiger partial charge in [-0.2, -0.15) is 5.21 Å². The fourth-order valence-corrected chi connectivity index (χ4v) is 3.64. The highest BCUT2D eigenvalue weighted by Gasteiger charge is 2.23. The average molecular weight is 528 g/mol. The van der Waals surface area contributed by atoms with Crippen LogP contribution >= 0.6 is 0 Å². The molecule has 0 saturated heterocycles. The number of H-pyrrole nitrogens is 1. The van der Waals surface area contributed by atoms with Crippen molar-refractivity contribution in [2.75, 3.05) is 10.6 Å². The molecule has 0 aliphatic carbocycles. The molecule has 39 heavy (non-hydrogen) atoms. The number of carbonyl (C=O) groups excluding carboxylic acids is 3. The Morgan fingerprint density at radius 1 is 0.872 bits per heavy atom. The molecule has 0 radical (unpaired) electrons. The number of nitrogens with one attached hydrogen (secondary N) is 4. The quantitative estimate of drug-likeness (QED) is 0.268. The maximum Gasteiger partial charge on any atom is 0.412 e. The van der Waals surface area contributed by atoms with Gasteiger partial charge in [-0.3, -0.25) is 14.9 Å². The molecule has 0 aliphatic rings. The predicted molar refractivity (Wildman–Crippen MR) is 146 cm³/mol. The fraction of sp³-hybridized carbons (Fsp3) is 0.214. The van der Waals surface area contributed by atoms with Gasteiger partial charge in [0.2, 0.25) is 11.7 Å². The van der Waals surface area contributed by atoms with Crippen molar-refractivity contribution in [3.8, 4) is 11.4 Å². The summed E-state index contributed by atoms with van der Waals surface area (Å²) in [7, 11) is 0. The third-order valence-corrected chi connectivity index (χ3v) is 5.45. The first-order chi connectivity index (χ1) is 18.7. The van der Waals surface area contributed by atoms with Crippen LogP contribution in [0.5, 0.6) is 0 Å². The molecule has 4 aromatic rings. The Balaban J connectivity index is 1.43. The van der Waals surface area contributed by atoms with Crippen molar-refractivity contribution in [2.24, 2.45) is 0 Å². The Labute approximate surface area is 225 Å². The van der Waals surface area contributed by atoms with Crippen LogP contribution in [0.3, 0.4) is 0 Å². The van der Waals surface area contributed by atoms with Crippen LogP contribution in [0, 0.1) is 0 Å². The summed E-state index contributed by atoms with van der Waals surface area (Å²) in [6, 6.07) is 21.9. The van der Waals surface area contributed by atoms with Crippen molar-refractivity contribution in [1.82, 2.24) is 25.9 Å². The SMILES string of the molecule is CC(C)(C)OC(=O)Nc1ccc(NC(=O)[C@H](Cc2ccccc2)NC(=O)c2ccc(-c3nn[nH]n3)cc2)cc1. The van der Waals surface area contributed by atoms with Gasteiger partial charge in [0, 0.05) is 28.9 Å². The predicted octanol–water partition coefficient (Wildman–Crippen LogP) is 4.19. The molecule has 0 bridgehead atoms. The molecule has 0 saturated carbocycles. The van der Waals surface area contributed by atoms with Gasteiger partial charge in [0.05, 0.1) is 0 Å². The molecule has 4 N–H and O–H groups in total. The van der Waals surface area contributed by atoms with Crippen LogP contribution in [0.1, 0.15) is 36.7 Å². The van der Waals surface area contributed by atoms with Gasteiger partial charge in [-0.25, -0.2) is 4.79 Å². The van der Waals surface area contributed by atoms with E-state index in [2.05, 4.69) is 36.6 Å². The van der Waals surface area contributed by atoms with Gasteiger partial charge in [-0.15, -0.1) is 10.2 Å². The summed E-state index contributed by atoms with van der Waals surface area (Å²) in [5.74, 6) is -0.373. The Bertz CT molecular complexity index is 1400. The number of aromatic amines is 1. The zero-order valence-corrected chi connectivity index (χ0v) is 21.8. The third kappa shape index (κ3) is 7.96. The number of rotatable bonds is 8. The average Bonchev–Trinajstić information content (AvgIpc) is 3.44. The minimum atomic E-state index is -0.851. The Kier molecular flexibility index (Phi) is 8.30. The normalized spacial score (nSPS) is 11.8. The first-order valence-electron chi connectivity index (χ1n) is 12.3. The van der Waals surface area contributed by atoms with Crippen molar-refractivity contribution < 1.29 is 19.1 Å². The summed E-state index contributed by atoms with van der Waals surface area (Å²) >= 11 is 0. The van der Waals surface area contributed by atoms with E-state index in [0.717, 1.165) is 5.56 Å². The van der Waals surface area contributed by atoms with Crippen LogP contribution in [0.4, 0.5) is 16.2 Å². The monoisotopic (exact) mass is 527 g/mol. The number of aromatic nitrogens is 4. The zero-order chi connectivity index (χ0) is 27.8. The maximum absolute atomic E-state index is 13.3. The molecule has 200 valence electrons. The van der Waals surface area contributed by atoms with Gasteiger partial charge in [0.15, 0.2) is 0 Å². The highest BCUT2D eigenvalue weighted by molar-refractivity contribution is 6.01. The van der Waals surface area contributed by atoms with Crippen LogP contribution in [-0.4, -0.2) is 50.2 Å². The number of nitrogens with zero attached hydrogens (tertiary/aromatic N) is 3. The molecule has 1 aromatic heterocycles. The topological polar surface area (TPSA) is 151 Å². The summed E-state index contributed by atoms with van der Waals surface area (Å²) in [6.07, 6.45) is -0.285. The summed E-state index contributed by atoms with van der Waals surface area (Å²) in [5.41, 5.74) is 2.37. The Morgan fingerprint density at radius 3 is 2.10 bits per heavy atom. The van der Waals surface area contributed by atoms with Crippen LogP contribution in [-0.2, 0) is 16.0 Å². The Hall–Kier alpha value is -5.06. The number of anilines is 2. The van der Waals surface area contributed by atoms with Crippen molar-refractivity contribution in [2.45, 2.75) is 38.8 Å². The van der Waals surface area contributed by atoms with E-state index in [0.29, 0.717) is 28.3 Å². The third-order valence-electron chi connectivity index (χ3n) is 5.45. The van der Waals surface area contributed by atoms with Gasteiger partial charge >= 0.3 is 6.09 Å². The summed E-state index contributed by atoms with van der Waals surface area (Å²) in [6.45, 7) is 5.34. The van der Waals surface area contributed by atoms with Crippen molar-refractivity contribution in [3.05, 3.63) is 90.0 Å². The number of hydrogen-bond acceptors (Lipinski definition) is 7. The van der Waals surface area contributed by atoms with Crippen molar-refractivity contribution in [3.63, 3.8) is 0 Å². The second-order valence-corrected chi connectivity index (χ2v) is 9.72. The lowest BCUT2D eigenvalue weighted by Crippen LogP contribution is -2.45. The first-order valence-corrected chi connectivity index (χ1v) is 12.3. The van der Waals surface area contributed by atoms with E-state index in [9.17, 15) is 14.4 Å². The fourth-order valence-electron chi connectivity index (χ4n) is 3.64. The molecule has 0 unspecified atom stereocenters. The molecular formula is C28H29N7O4. The van der Waals surface area contributed by atoms with Gasteiger partial charge in [-0.05, 0) is 67.9 Å². The highest BCUT2D eigenvalue weighted by Crippen LogP contribution is 2.17. The lowest BCUT2D eigenvalue weighted by Gasteiger charge is -2.20. The lowest BCUT2D eigenvalue weighted by atomic mass is 10.0. The van der Waals surface area contributed by atoms with Gasteiger partial charge in [-0.1, -0.05) is 42.5 Å². The summed E-state index contributed by atoms with van der Waals surface area (Å²) in [4.78, 5) is 38.3. The minimum absolute atomic E-state index is 0.289. The number of carbonyl (C=O) groups is 3. The van der Waals surface area contributed by atoms with Gasteiger partial charge in [0.1, 0.15) is 11.6 Å². The molecule has 3 amide bonds. The molecule has 0 spiro atoms. The van der Waals surface area contributed by atoms with E-state index < -0.39 is 23.6 Å². The number of hydrogen-bond donors (Lipinski definition) is 4. The second-order valence-electron chi connectivity index (χ2n) is 9.72. The summed E-state index contributed by atoms with van der Waals surface area (Å²) in [5, 5.41) is 22.1. The summed E-state index contributed by atoms with van der Waals surface area (Å²) < 4.78 is 5.25. The molecule has 1 heterocycles. The molecule has 0 aliphatic heterocycles. The van der Waals surface area contributed by atoms with Crippen molar-refractivity contribution in [1.29, 1.82) is 0 Å². The van der Waals surface area contributed by atoms with E-state index in [-0.39, 0.29) is 12.3 Å². The van der Waals surface area contributed by atoms with Crippen LogP contribution in [0.15, 0.2) is 78.9 Å². The van der Waals surface area contributed by atoms with Crippen LogP contribution < -0.4 is 16.0 Å². The molecule has 11 heteroatoms. The van der Waals surface area contributed by atoms with E-state index in [4.69, 9.17) is 4.74 Å². The van der Waals surface area contributed by atoms with Gasteiger partial charge < -0.3 is 15.4 Å².